The number of hydrogen-bond donors (Lipinski definition) is 2. The first-order chi connectivity index (χ1) is 10.3. The molecule has 0 aliphatic carbocycles. The van der Waals surface area contributed by atoms with Crippen LogP contribution < -0.4 is 15.4 Å². The van der Waals surface area contributed by atoms with Crippen molar-refractivity contribution in [1.82, 2.24) is 10.3 Å². The summed E-state index contributed by atoms with van der Waals surface area (Å²) in [5.41, 5.74) is 4.75. The number of hydrogen-bond acceptors (Lipinski definition) is 4. The molecule has 1 aliphatic rings. The van der Waals surface area contributed by atoms with Crippen molar-refractivity contribution in [2.75, 3.05) is 18.5 Å². The number of aryl methyl sites for hydroxylation is 1. The lowest BCUT2D eigenvalue weighted by atomic mass is 10.1. The fraction of sp³-hybridized carbons (Fsp3) is 0.333. The number of carbonyl (C=O) groups is 1. The van der Waals surface area contributed by atoms with Crippen LogP contribution in [0, 0.1) is 0 Å². The zero-order valence-electron chi connectivity index (χ0n) is 11.6. The molecule has 1 aliphatic heterocycles. The number of ether oxygens (including phenoxy) is 1. The third-order valence-corrected chi connectivity index (χ3v) is 3.95. The SMILES string of the molecule is O=C(NCCc1cscn1)Nc1ccc2c(c1)CCCO2. The molecule has 110 valence electrons. The van der Waals surface area contributed by atoms with Crippen LogP contribution in [0.2, 0.25) is 0 Å². The molecule has 0 saturated carbocycles. The number of benzene rings is 1. The van der Waals surface area contributed by atoms with E-state index in [1.54, 1.807) is 16.8 Å². The summed E-state index contributed by atoms with van der Waals surface area (Å²) in [6, 6.07) is 5.57. The molecule has 0 fully saturated rings. The Labute approximate surface area is 127 Å². The van der Waals surface area contributed by atoms with Crippen molar-refractivity contribution >= 4 is 23.1 Å². The van der Waals surface area contributed by atoms with E-state index in [1.165, 1.54) is 0 Å². The van der Waals surface area contributed by atoms with Crippen LogP contribution in [0.1, 0.15) is 17.7 Å². The lowest BCUT2D eigenvalue weighted by Gasteiger charge is -2.18. The molecule has 2 aromatic rings. The lowest BCUT2D eigenvalue weighted by molar-refractivity contribution is 0.252. The average molecular weight is 303 g/mol. The first-order valence-corrected chi connectivity index (χ1v) is 7.93. The quantitative estimate of drug-likeness (QED) is 0.913. The number of urea groups is 1. The largest absolute Gasteiger partial charge is 0.493 e. The van der Waals surface area contributed by atoms with E-state index in [0.717, 1.165) is 48.6 Å². The summed E-state index contributed by atoms with van der Waals surface area (Å²) in [7, 11) is 0. The maximum atomic E-state index is 11.8. The second-order valence-corrected chi connectivity index (χ2v) is 5.60. The third-order valence-electron chi connectivity index (χ3n) is 3.32. The molecule has 0 unspecified atom stereocenters. The molecule has 0 saturated heterocycles. The van der Waals surface area contributed by atoms with Gasteiger partial charge < -0.3 is 15.4 Å². The Morgan fingerprint density at radius 3 is 3.24 bits per heavy atom. The van der Waals surface area contributed by atoms with Gasteiger partial charge in [-0.1, -0.05) is 0 Å². The van der Waals surface area contributed by atoms with E-state index in [9.17, 15) is 4.79 Å². The second-order valence-electron chi connectivity index (χ2n) is 4.89. The summed E-state index contributed by atoms with van der Waals surface area (Å²) in [4.78, 5) is 16.0. The van der Waals surface area contributed by atoms with Gasteiger partial charge >= 0.3 is 6.03 Å². The summed E-state index contributed by atoms with van der Waals surface area (Å²) in [5, 5.41) is 7.67. The number of carbonyl (C=O) groups excluding carboxylic acids is 1. The monoisotopic (exact) mass is 303 g/mol. The van der Waals surface area contributed by atoms with Gasteiger partial charge in [0.25, 0.3) is 0 Å². The van der Waals surface area contributed by atoms with Gasteiger partial charge in [-0.15, -0.1) is 11.3 Å². The zero-order chi connectivity index (χ0) is 14.5. The van der Waals surface area contributed by atoms with Crippen LogP contribution >= 0.6 is 11.3 Å². The number of nitrogens with zero attached hydrogens (tertiary/aromatic N) is 1. The molecule has 1 aromatic heterocycles. The van der Waals surface area contributed by atoms with Gasteiger partial charge in [0.05, 0.1) is 17.8 Å². The van der Waals surface area contributed by atoms with E-state index < -0.39 is 0 Å². The van der Waals surface area contributed by atoms with Gasteiger partial charge in [0.2, 0.25) is 0 Å². The van der Waals surface area contributed by atoms with Crippen molar-refractivity contribution in [2.45, 2.75) is 19.3 Å². The Kier molecular flexibility index (Phi) is 4.35. The highest BCUT2D eigenvalue weighted by Gasteiger charge is 2.11. The Bertz CT molecular complexity index is 613. The molecule has 2 N–H and O–H groups in total. The van der Waals surface area contributed by atoms with Gasteiger partial charge in [0, 0.05) is 24.0 Å². The standard InChI is InChI=1S/C15H17N3O2S/c19-15(16-6-5-13-9-21-10-17-13)18-12-3-4-14-11(8-12)2-1-7-20-14/h3-4,8-10H,1-2,5-7H2,(H2,16,18,19). The lowest BCUT2D eigenvalue weighted by Crippen LogP contribution is -2.30. The van der Waals surface area contributed by atoms with Gasteiger partial charge in [-0.3, -0.25) is 0 Å². The van der Waals surface area contributed by atoms with Crippen molar-refractivity contribution in [3.05, 3.63) is 40.3 Å². The number of thiazole rings is 1. The van der Waals surface area contributed by atoms with Crippen LogP contribution in [0.5, 0.6) is 5.75 Å². The summed E-state index contributed by atoms with van der Waals surface area (Å²) in [6.07, 6.45) is 2.77. The van der Waals surface area contributed by atoms with Crippen molar-refractivity contribution in [1.29, 1.82) is 0 Å². The summed E-state index contributed by atoms with van der Waals surface area (Å²) in [6.45, 7) is 1.35. The van der Waals surface area contributed by atoms with Crippen molar-refractivity contribution < 1.29 is 9.53 Å². The predicted octanol–water partition coefficient (Wildman–Crippen LogP) is 2.83. The minimum atomic E-state index is -0.193. The molecular formula is C15H17N3O2S. The highest BCUT2D eigenvalue weighted by atomic mass is 32.1. The van der Waals surface area contributed by atoms with E-state index in [1.807, 2.05) is 23.6 Å². The van der Waals surface area contributed by atoms with E-state index in [-0.39, 0.29) is 6.03 Å². The third kappa shape index (κ3) is 3.72. The van der Waals surface area contributed by atoms with E-state index in [2.05, 4.69) is 15.6 Å². The molecule has 2 heterocycles. The first-order valence-electron chi connectivity index (χ1n) is 6.99. The second kappa shape index (κ2) is 6.58. The van der Waals surface area contributed by atoms with Gasteiger partial charge in [-0.05, 0) is 36.6 Å². The number of anilines is 1. The van der Waals surface area contributed by atoms with E-state index >= 15 is 0 Å². The van der Waals surface area contributed by atoms with Gasteiger partial charge in [-0.25, -0.2) is 9.78 Å². The van der Waals surface area contributed by atoms with Crippen LogP contribution in [-0.4, -0.2) is 24.2 Å². The summed E-state index contributed by atoms with van der Waals surface area (Å²) < 4.78 is 5.56. The van der Waals surface area contributed by atoms with E-state index in [4.69, 9.17) is 4.74 Å². The average Bonchev–Trinajstić information content (AvgIpc) is 3.00. The molecule has 0 bridgehead atoms. The fourth-order valence-corrected chi connectivity index (χ4v) is 2.87. The number of rotatable bonds is 4. The molecular weight excluding hydrogens is 286 g/mol. The molecule has 1 aromatic carbocycles. The number of amides is 2. The summed E-state index contributed by atoms with van der Waals surface area (Å²) >= 11 is 1.56. The molecule has 21 heavy (non-hydrogen) atoms. The Balaban J connectivity index is 1.50. The molecule has 0 radical (unpaired) electrons. The Morgan fingerprint density at radius 1 is 1.43 bits per heavy atom. The van der Waals surface area contributed by atoms with Crippen LogP contribution in [0.25, 0.3) is 0 Å². The van der Waals surface area contributed by atoms with Gasteiger partial charge in [-0.2, -0.15) is 0 Å². The Hall–Kier alpha value is -2.08. The normalized spacial score (nSPS) is 13.1. The Morgan fingerprint density at radius 2 is 2.38 bits per heavy atom. The van der Waals surface area contributed by atoms with Crippen molar-refractivity contribution in [2.24, 2.45) is 0 Å². The topological polar surface area (TPSA) is 63.2 Å². The first kappa shape index (κ1) is 13.9. The molecule has 3 rings (SSSR count). The molecule has 0 spiro atoms. The smallest absolute Gasteiger partial charge is 0.319 e. The minimum absolute atomic E-state index is 0.193. The van der Waals surface area contributed by atoms with Crippen molar-refractivity contribution in [3.8, 4) is 5.75 Å². The maximum Gasteiger partial charge on any atom is 0.319 e. The fourth-order valence-electron chi connectivity index (χ4n) is 2.28. The van der Waals surface area contributed by atoms with Gasteiger partial charge in [0.15, 0.2) is 0 Å². The molecule has 5 nitrogen and oxygen atoms in total. The zero-order valence-corrected chi connectivity index (χ0v) is 12.4. The maximum absolute atomic E-state index is 11.8. The number of nitrogens with one attached hydrogen (secondary N) is 2. The predicted molar refractivity (Wildman–Crippen MR) is 83.1 cm³/mol. The van der Waals surface area contributed by atoms with Crippen LogP contribution in [0.4, 0.5) is 10.5 Å². The molecule has 6 heteroatoms. The summed E-state index contributed by atoms with van der Waals surface area (Å²) in [5.74, 6) is 0.927. The molecule has 0 atom stereocenters. The highest BCUT2D eigenvalue weighted by molar-refractivity contribution is 7.07. The van der Waals surface area contributed by atoms with Crippen LogP contribution in [-0.2, 0) is 12.8 Å². The molecule has 2 amide bonds. The highest BCUT2D eigenvalue weighted by Crippen LogP contribution is 2.27. The van der Waals surface area contributed by atoms with E-state index in [0.29, 0.717) is 6.54 Å². The number of aromatic nitrogens is 1. The van der Waals surface area contributed by atoms with Crippen LogP contribution in [0.15, 0.2) is 29.1 Å². The number of fused-ring (bicyclic) bond motifs is 1. The van der Waals surface area contributed by atoms with Gasteiger partial charge in [0.1, 0.15) is 5.75 Å². The van der Waals surface area contributed by atoms with Crippen LogP contribution in [0.3, 0.4) is 0 Å². The minimum Gasteiger partial charge on any atom is -0.493 e. The van der Waals surface area contributed by atoms with Crippen molar-refractivity contribution in [3.63, 3.8) is 0 Å².